The predicted molar refractivity (Wildman–Crippen MR) is 141 cm³/mol. The van der Waals surface area contributed by atoms with Gasteiger partial charge in [0.05, 0.1) is 23.2 Å². The zero-order chi connectivity index (χ0) is 24.5. The number of carbonyl (C=O) groups is 2. The molecule has 0 atom stereocenters. The van der Waals surface area contributed by atoms with Crippen LogP contribution in [0.1, 0.15) is 45.0 Å². The molecule has 2 heterocycles. The fourth-order valence-electron chi connectivity index (χ4n) is 3.91. The van der Waals surface area contributed by atoms with Crippen LogP contribution in [0.2, 0.25) is 0 Å². The molecule has 1 aliphatic heterocycles. The molecule has 6 nitrogen and oxygen atoms in total. The summed E-state index contributed by atoms with van der Waals surface area (Å²) in [6, 6.07) is 12.3. The van der Waals surface area contributed by atoms with E-state index in [1.165, 1.54) is 17.4 Å². The number of hydrogen-bond acceptors (Lipinski definition) is 5. The highest BCUT2D eigenvalue weighted by Gasteiger charge is 2.34. The summed E-state index contributed by atoms with van der Waals surface area (Å²) in [6.07, 6.45) is 0.534. The number of amides is 2. The van der Waals surface area contributed by atoms with Crippen LogP contribution < -0.4 is 20.7 Å². The standard InChI is InChI=1S/C25H25FIN3O3S/c1-25(2)11-16-20(22(31)28-12-14-6-4-5-7-19(14)33-3)24(34-21(16)23(32)29-13-25)30-18-9-8-15(27)10-17(18)26/h4-10,30H,11-13H2,1-3H3,(H,28,31)(H,29,32). The molecule has 0 saturated heterocycles. The summed E-state index contributed by atoms with van der Waals surface area (Å²) in [5, 5.41) is 9.42. The number of methoxy groups -OCH3 is 1. The van der Waals surface area contributed by atoms with Crippen molar-refractivity contribution in [3.05, 3.63) is 73.4 Å². The SMILES string of the molecule is COc1ccccc1CNC(=O)c1c(Nc2ccc(I)cc2F)sc2c1CC(C)(C)CNC2=O. The Bertz CT molecular complexity index is 1260. The van der Waals surface area contributed by atoms with Gasteiger partial charge in [0.2, 0.25) is 0 Å². The van der Waals surface area contributed by atoms with Crippen molar-refractivity contribution in [3.63, 3.8) is 0 Å². The third-order valence-electron chi connectivity index (χ3n) is 5.63. The van der Waals surface area contributed by atoms with Crippen molar-refractivity contribution in [2.45, 2.75) is 26.8 Å². The number of nitrogens with one attached hydrogen (secondary N) is 3. The van der Waals surface area contributed by atoms with Gasteiger partial charge in [-0.3, -0.25) is 9.59 Å². The van der Waals surface area contributed by atoms with Crippen LogP contribution in [0, 0.1) is 14.8 Å². The smallest absolute Gasteiger partial charge is 0.261 e. The van der Waals surface area contributed by atoms with Crippen molar-refractivity contribution in [1.82, 2.24) is 10.6 Å². The Kier molecular flexibility index (Phi) is 7.13. The van der Waals surface area contributed by atoms with Crippen molar-refractivity contribution in [2.24, 2.45) is 5.41 Å². The minimum Gasteiger partial charge on any atom is -0.496 e. The van der Waals surface area contributed by atoms with Gasteiger partial charge in [-0.25, -0.2) is 4.39 Å². The van der Waals surface area contributed by atoms with E-state index in [-0.39, 0.29) is 29.5 Å². The number of carbonyl (C=O) groups excluding carboxylic acids is 2. The second kappa shape index (κ2) is 9.91. The molecule has 3 aromatic rings. The van der Waals surface area contributed by atoms with Gasteiger partial charge in [-0.15, -0.1) is 11.3 Å². The van der Waals surface area contributed by atoms with Gasteiger partial charge in [0.1, 0.15) is 16.6 Å². The van der Waals surface area contributed by atoms with Gasteiger partial charge in [-0.05, 0) is 64.3 Å². The number of hydrogen-bond donors (Lipinski definition) is 3. The van der Waals surface area contributed by atoms with Gasteiger partial charge in [-0.1, -0.05) is 32.0 Å². The highest BCUT2D eigenvalue weighted by Crippen LogP contribution is 2.40. The largest absolute Gasteiger partial charge is 0.496 e. The number of rotatable bonds is 6. The van der Waals surface area contributed by atoms with Crippen molar-refractivity contribution in [3.8, 4) is 5.75 Å². The zero-order valence-electron chi connectivity index (χ0n) is 19.1. The molecule has 1 aromatic heterocycles. The molecule has 34 heavy (non-hydrogen) atoms. The summed E-state index contributed by atoms with van der Waals surface area (Å²) in [5.74, 6) is -0.310. The van der Waals surface area contributed by atoms with Crippen LogP contribution in [0.3, 0.4) is 0 Å². The highest BCUT2D eigenvalue weighted by atomic mass is 127. The Morgan fingerprint density at radius 2 is 2.03 bits per heavy atom. The molecule has 0 bridgehead atoms. The Balaban J connectivity index is 1.73. The first-order valence-corrected chi connectivity index (χ1v) is 12.6. The Morgan fingerprint density at radius 3 is 2.76 bits per heavy atom. The molecule has 0 fully saturated rings. The summed E-state index contributed by atoms with van der Waals surface area (Å²) in [6.45, 7) is 4.84. The van der Waals surface area contributed by atoms with Gasteiger partial charge < -0.3 is 20.7 Å². The van der Waals surface area contributed by atoms with E-state index in [1.54, 1.807) is 19.2 Å². The van der Waals surface area contributed by atoms with Crippen LogP contribution in [-0.2, 0) is 13.0 Å². The van der Waals surface area contributed by atoms with E-state index in [0.717, 1.165) is 9.13 Å². The second-order valence-corrected chi connectivity index (χ2v) is 11.1. The average molecular weight is 593 g/mol. The van der Waals surface area contributed by atoms with Crippen LogP contribution in [0.25, 0.3) is 0 Å². The van der Waals surface area contributed by atoms with E-state index >= 15 is 0 Å². The molecular weight excluding hydrogens is 568 g/mol. The fraction of sp³-hybridized carbons (Fsp3) is 0.280. The minimum absolute atomic E-state index is 0.222. The van der Waals surface area contributed by atoms with Crippen molar-refractivity contribution in [2.75, 3.05) is 19.0 Å². The third kappa shape index (κ3) is 5.20. The average Bonchev–Trinajstić information content (AvgIpc) is 3.09. The van der Waals surface area contributed by atoms with Crippen LogP contribution in [0.15, 0.2) is 42.5 Å². The molecule has 1 aliphatic rings. The lowest BCUT2D eigenvalue weighted by atomic mass is 9.85. The number of halogens is 2. The summed E-state index contributed by atoms with van der Waals surface area (Å²) in [7, 11) is 1.58. The topological polar surface area (TPSA) is 79.5 Å². The number of anilines is 2. The summed E-state index contributed by atoms with van der Waals surface area (Å²) >= 11 is 3.21. The van der Waals surface area contributed by atoms with Crippen LogP contribution in [-0.4, -0.2) is 25.5 Å². The monoisotopic (exact) mass is 593 g/mol. The first kappa shape index (κ1) is 24.5. The van der Waals surface area contributed by atoms with Gasteiger partial charge in [0.25, 0.3) is 11.8 Å². The first-order valence-electron chi connectivity index (χ1n) is 10.7. The van der Waals surface area contributed by atoms with E-state index in [0.29, 0.717) is 39.7 Å². The molecule has 9 heteroatoms. The molecule has 178 valence electrons. The molecule has 0 spiro atoms. The predicted octanol–water partition coefficient (Wildman–Crippen LogP) is 5.49. The minimum atomic E-state index is -0.430. The quantitative estimate of drug-likeness (QED) is 0.331. The van der Waals surface area contributed by atoms with Gasteiger partial charge in [-0.2, -0.15) is 0 Å². The molecule has 3 N–H and O–H groups in total. The van der Waals surface area contributed by atoms with E-state index in [2.05, 4.69) is 16.0 Å². The Hall–Kier alpha value is -2.66. The Labute approximate surface area is 215 Å². The molecule has 0 radical (unpaired) electrons. The number of ether oxygens (including phenoxy) is 1. The number of thiophene rings is 1. The van der Waals surface area contributed by atoms with Crippen LogP contribution in [0.4, 0.5) is 15.1 Å². The molecule has 0 saturated carbocycles. The number of benzene rings is 2. The zero-order valence-corrected chi connectivity index (χ0v) is 22.0. The molecular formula is C25H25FIN3O3S. The maximum Gasteiger partial charge on any atom is 0.261 e. The maximum absolute atomic E-state index is 14.6. The lowest BCUT2D eigenvalue weighted by Gasteiger charge is -2.22. The summed E-state index contributed by atoms with van der Waals surface area (Å²) in [4.78, 5) is 26.8. The van der Waals surface area contributed by atoms with Crippen molar-refractivity contribution in [1.29, 1.82) is 0 Å². The van der Waals surface area contributed by atoms with Crippen molar-refractivity contribution < 1.29 is 18.7 Å². The van der Waals surface area contributed by atoms with Gasteiger partial charge in [0, 0.05) is 22.2 Å². The fourth-order valence-corrected chi connectivity index (χ4v) is 5.51. The van der Waals surface area contributed by atoms with E-state index < -0.39 is 5.82 Å². The second-order valence-electron chi connectivity index (χ2n) is 8.88. The number of para-hydroxylation sites is 1. The molecule has 2 amide bonds. The highest BCUT2D eigenvalue weighted by molar-refractivity contribution is 14.1. The van der Waals surface area contributed by atoms with Gasteiger partial charge >= 0.3 is 0 Å². The number of fused-ring (bicyclic) bond motifs is 1. The third-order valence-corrected chi connectivity index (χ3v) is 7.45. The first-order chi connectivity index (χ1) is 16.2. The van der Waals surface area contributed by atoms with Gasteiger partial charge in [0.15, 0.2) is 0 Å². The lowest BCUT2D eigenvalue weighted by Crippen LogP contribution is -2.31. The molecule has 2 aromatic carbocycles. The normalized spacial score (nSPS) is 14.6. The van der Waals surface area contributed by atoms with Crippen LogP contribution >= 0.6 is 33.9 Å². The molecule has 4 rings (SSSR count). The van der Waals surface area contributed by atoms with E-state index in [9.17, 15) is 14.0 Å². The summed E-state index contributed by atoms with van der Waals surface area (Å²) < 4.78 is 20.8. The van der Waals surface area contributed by atoms with E-state index in [1.807, 2.05) is 60.7 Å². The van der Waals surface area contributed by atoms with E-state index in [4.69, 9.17) is 4.74 Å². The molecule has 0 aliphatic carbocycles. The lowest BCUT2D eigenvalue weighted by molar-refractivity contribution is 0.0944. The summed E-state index contributed by atoms with van der Waals surface area (Å²) in [5.41, 5.74) is 1.88. The molecule has 0 unspecified atom stereocenters. The maximum atomic E-state index is 14.6. The Morgan fingerprint density at radius 1 is 1.26 bits per heavy atom. The van der Waals surface area contributed by atoms with Crippen LogP contribution in [0.5, 0.6) is 5.75 Å². The van der Waals surface area contributed by atoms with Crippen molar-refractivity contribution >= 4 is 56.4 Å².